The van der Waals surface area contributed by atoms with Gasteiger partial charge in [-0.05, 0) is 76.1 Å². The molecule has 2 saturated heterocycles. The Morgan fingerprint density at radius 2 is 1.89 bits per heavy atom. The van der Waals surface area contributed by atoms with E-state index < -0.39 is 15.9 Å². The number of aromatic nitrogens is 1. The van der Waals surface area contributed by atoms with Gasteiger partial charge < -0.3 is 14.6 Å². The molecule has 0 bridgehead atoms. The van der Waals surface area contributed by atoms with Crippen LogP contribution >= 0.6 is 0 Å². The molecule has 9 heteroatoms. The van der Waals surface area contributed by atoms with Crippen LogP contribution in [0.5, 0.6) is 0 Å². The molecule has 0 spiro atoms. The van der Waals surface area contributed by atoms with Crippen molar-refractivity contribution >= 4 is 28.1 Å². The second-order valence-electron chi connectivity index (χ2n) is 9.69. The van der Waals surface area contributed by atoms with Crippen molar-refractivity contribution in [3.05, 3.63) is 45.8 Å². The minimum atomic E-state index is -3.89. The Kier molecular flexibility index (Phi) is 7.78. The van der Waals surface area contributed by atoms with Crippen molar-refractivity contribution < 1.29 is 22.5 Å². The van der Waals surface area contributed by atoms with Crippen LogP contribution in [0.1, 0.15) is 59.4 Å². The van der Waals surface area contributed by atoms with Gasteiger partial charge in [0.15, 0.2) is 10.7 Å². The third-order valence-electron chi connectivity index (χ3n) is 6.85. The number of rotatable bonds is 7. The zero-order valence-electron chi connectivity index (χ0n) is 21.0. The number of carbonyl (C=O) groups is 1. The lowest BCUT2D eigenvalue weighted by Gasteiger charge is -2.31. The van der Waals surface area contributed by atoms with Crippen LogP contribution in [0.25, 0.3) is 12.2 Å². The number of carbonyl (C=O) groups excluding carboxylic acids is 1. The Morgan fingerprint density at radius 1 is 1.14 bits per heavy atom. The van der Waals surface area contributed by atoms with Gasteiger partial charge in [0, 0.05) is 26.2 Å². The van der Waals surface area contributed by atoms with E-state index in [9.17, 15) is 13.2 Å². The highest BCUT2D eigenvalue weighted by Gasteiger charge is 2.37. The summed E-state index contributed by atoms with van der Waals surface area (Å²) in [4.78, 5) is 12.8. The van der Waals surface area contributed by atoms with Gasteiger partial charge >= 0.3 is 0 Å². The third-order valence-corrected chi connectivity index (χ3v) is 8.88. The van der Waals surface area contributed by atoms with Gasteiger partial charge in [0.05, 0.1) is 12.0 Å². The van der Waals surface area contributed by atoms with Gasteiger partial charge in [-0.3, -0.25) is 4.79 Å². The number of nitrogens with zero attached hydrogens (tertiary/aromatic N) is 2. The number of piperidine rings is 1. The fourth-order valence-corrected chi connectivity index (χ4v) is 6.85. The summed E-state index contributed by atoms with van der Waals surface area (Å²) < 4.78 is 39.7. The average molecular weight is 502 g/mol. The van der Waals surface area contributed by atoms with E-state index in [1.54, 1.807) is 13.0 Å². The van der Waals surface area contributed by atoms with E-state index >= 15 is 0 Å². The first-order chi connectivity index (χ1) is 16.7. The lowest BCUT2D eigenvalue weighted by Crippen LogP contribution is -2.46. The van der Waals surface area contributed by atoms with Crippen LogP contribution in [0, 0.1) is 33.6 Å². The fourth-order valence-electron chi connectivity index (χ4n) is 5.08. The van der Waals surface area contributed by atoms with E-state index in [0.29, 0.717) is 31.6 Å². The number of amides is 1. The van der Waals surface area contributed by atoms with E-state index in [1.165, 1.54) is 9.87 Å². The highest BCUT2D eigenvalue weighted by Crippen LogP contribution is 2.30. The Labute approximate surface area is 207 Å². The Morgan fingerprint density at radius 3 is 2.57 bits per heavy atom. The molecule has 2 unspecified atom stereocenters. The van der Waals surface area contributed by atoms with Crippen molar-refractivity contribution in [2.24, 2.45) is 5.92 Å². The molecular formula is C26H35N3O5S. The molecule has 190 valence electrons. The van der Waals surface area contributed by atoms with Crippen LogP contribution in [0.4, 0.5) is 0 Å². The third kappa shape index (κ3) is 5.68. The largest absolute Gasteiger partial charge is 0.376 e. The van der Waals surface area contributed by atoms with E-state index in [4.69, 9.17) is 9.26 Å². The number of aryl methyl sites for hydroxylation is 4. The van der Waals surface area contributed by atoms with E-state index in [1.807, 2.05) is 26.8 Å². The summed E-state index contributed by atoms with van der Waals surface area (Å²) in [5, 5.41) is 6.90. The molecule has 1 amide bonds. The predicted molar refractivity (Wildman–Crippen MR) is 134 cm³/mol. The van der Waals surface area contributed by atoms with Gasteiger partial charge in [0.25, 0.3) is 0 Å². The molecule has 35 heavy (non-hydrogen) atoms. The SMILES string of the molecule is Cc1cc(C)c(/C=C/c2onc(C)c2S(=O)(=O)N2CCCC(C(=O)NCC3CCCO3)C2)c(C)c1. The highest BCUT2D eigenvalue weighted by molar-refractivity contribution is 7.89. The van der Waals surface area contributed by atoms with Gasteiger partial charge in [-0.2, -0.15) is 4.31 Å². The summed E-state index contributed by atoms with van der Waals surface area (Å²) in [5.74, 6) is -0.309. The van der Waals surface area contributed by atoms with Crippen LogP contribution in [-0.2, 0) is 19.6 Å². The molecule has 2 aliphatic rings. The van der Waals surface area contributed by atoms with Crippen molar-refractivity contribution in [1.29, 1.82) is 0 Å². The molecule has 2 aromatic rings. The maximum absolute atomic E-state index is 13.7. The zero-order valence-corrected chi connectivity index (χ0v) is 21.8. The lowest BCUT2D eigenvalue weighted by atomic mass is 9.99. The van der Waals surface area contributed by atoms with Crippen molar-refractivity contribution in [3.8, 4) is 0 Å². The molecule has 3 heterocycles. The molecule has 2 aliphatic heterocycles. The Balaban J connectivity index is 1.51. The van der Waals surface area contributed by atoms with Gasteiger partial charge in [0.1, 0.15) is 5.69 Å². The summed E-state index contributed by atoms with van der Waals surface area (Å²) in [5.41, 5.74) is 4.72. The summed E-state index contributed by atoms with van der Waals surface area (Å²) >= 11 is 0. The highest BCUT2D eigenvalue weighted by atomic mass is 32.2. The van der Waals surface area contributed by atoms with Crippen molar-refractivity contribution in [2.45, 2.75) is 64.4 Å². The molecule has 4 rings (SSSR count). The molecule has 0 radical (unpaired) electrons. The van der Waals surface area contributed by atoms with Crippen LogP contribution in [0.2, 0.25) is 0 Å². The van der Waals surface area contributed by atoms with Crippen molar-refractivity contribution in [2.75, 3.05) is 26.2 Å². The molecule has 8 nitrogen and oxygen atoms in total. The normalized spacial score (nSPS) is 21.6. The second kappa shape index (κ2) is 10.6. The maximum Gasteiger partial charge on any atom is 0.248 e. The Hall–Kier alpha value is -2.49. The number of benzene rings is 1. The first kappa shape index (κ1) is 25.6. The van der Waals surface area contributed by atoms with Crippen LogP contribution < -0.4 is 5.32 Å². The van der Waals surface area contributed by atoms with Gasteiger partial charge in [-0.1, -0.05) is 28.9 Å². The van der Waals surface area contributed by atoms with Crippen LogP contribution in [0.15, 0.2) is 21.6 Å². The number of nitrogens with one attached hydrogen (secondary N) is 1. The number of hydrogen-bond acceptors (Lipinski definition) is 6. The van der Waals surface area contributed by atoms with E-state index in [0.717, 1.165) is 36.1 Å². The quantitative estimate of drug-likeness (QED) is 0.620. The van der Waals surface area contributed by atoms with Gasteiger partial charge in [0.2, 0.25) is 15.9 Å². The monoisotopic (exact) mass is 501 g/mol. The average Bonchev–Trinajstić information content (AvgIpc) is 3.46. The van der Waals surface area contributed by atoms with Crippen molar-refractivity contribution in [3.63, 3.8) is 0 Å². The predicted octanol–water partition coefficient (Wildman–Crippen LogP) is 3.77. The topological polar surface area (TPSA) is 102 Å². The van der Waals surface area contributed by atoms with Crippen molar-refractivity contribution in [1.82, 2.24) is 14.8 Å². The zero-order chi connectivity index (χ0) is 25.2. The first-order valence-electron chi connectivity index (χ1n) is 12.3. The standard InChI is InChI=1S/C26H35N3O5S/c1-17-13-18(2)23(19(3)14-17)9-10-24-25(20(4)28-34-24)35(31,32)29-11-5-7-21(16-29)26(30)27-15-22-8-6-12-33-22/h9-10,13-14,21-22H,5-8,11-12,15-16H2,1-4H3,(H,27,30)/b10-9+. The minimum Gasteiger partial charge on any atom is -0.376 e. The molecule has 0 aliphatic carbocycles. The smallest absolute Gasteiger partial charge is 0.248 e. The summed E-state index contributed by atoms with van der Waals surface area (Å²) in [6.45, 7) is 9.44. The first-order valence-corrected chi connectivity index (χ1v) is 13.7. The molecule has 1 aromatic carbocycles. The number of sulfonamides is 1. The summed E-state index contributed by atoms with van der Waals surface area (Å²) in [6.07, 6.45) is 6.83. The lowest BCUT2D eigenvalue weighted by molar-refractivity contribution is -0.126. The van der Waals surface area contributed by atoms with Crippen LogP contribution in [-0.4, -0.2) is 56.1 Å². The number of ether oxygens (including phenoxy) is 1. The van der Waals surface area contributed by atoms with Crippen LogP contribution in [0.3, 0.4) is 0 Å². The van der Waals surface area contributed by atoms with E-state index in [-0.39, 0.29) is 29.2 Å². The maximum atomic E-state index is 13.7. The minimum absolute atomic E-state index is 0.0529. The molecule has 1 aromatic heterocycles. The molecule has 2 fully saturated rings. The Bertz CT molecular complexity index is 1190. The van der Waals surface area contributed by atoms with E-state index in [2.05, 4.69) is 22.6 Å². The molecule has 1 N–H and O–H groups in total. The number of hydrogen-bond donors (Lipinski definition) is 1. The second-order valence-corrected chi connectivity index (χ2v) is 11.6. The van der Waals surface area contributed by atoms with Gasteiger partial charge in [-0.25, -0.2) is 8.42 Å². The molecular weight excluding hydrogens is 466 g/mol. The molecule has 0 saturated carbocycles. The molecule has 2 atom stereocenters. The summed E-state index contributed by atoms with van der Waals surface area (Å²) in [6, 6.07) is 4.18. The van der Waals surface area contributed by atoms with Gasteiger partial charge in [-0.15, -0.1) is 0 Å². The fraction of sp³-hybridized carbons (Fsp3) is 0.538. The summed E-state index contributed by atoms with van der Waals surface area (Å²) in [7, 11) is -3.89.